The molecule has 0 atom stereocenters. The van der Waals surface area contributed by atoms with Crippen LogP contribution < -0.4 is 11.1 Å². The highest BCUT2D eigenvalue weighted by Crippen LogP contribution is 2.29. The quantitative estimate of drug-likeness (QED) is 0.702. The molecule has 20 heavy (non-hydrogen) atoms. The lowest BCUT2D eigenvalue weighted by atomic mass is 10.2. The van der Waals surface area contributed by atoms with Crippen LogP contribution in [-0.4, -0.2) is 10.9 Å². The summed E-state index contributed by atoms with van der Waals surface area (Å²) in [4.78, 5) is 13.1. The number of nitrogens with two attached hydrogens (primary N) is 1. The number of carbonyl (C=O) groups is 1. The van der Waals surface area contributed by atoms with E-state index in [1.54, 1.807) is 18.2 Å². The Bertz CT molecular complexity index is 678. The van der Waals surface area contributed by atoms with E-state index in [1.807, 2.05) is 13.0 Å². The van der Waals surface area contributed by atoms with Crippen molar-refractivity contribution < 1.29 is 4.79 Å². The van der Waals surface area contributed by atoms with Crippen LogP contribution in [0.15, 0.2) is 32.5 Å². The summed E-state index contributed by atoms with van der Waals surface area (Å²) in [6, 6.07) is 7.18. The van der Waals surface area contributed by atoms with Gasteiger partial charge in [-0.15, -0.1) is 11.3 Å². The van der Waals surface area contributed by atoms with Crippen LogP contribution in [0.2, 0.25) is 0 Å². The predicted molar refractivity (Wildman–Crippen MR) is 94.7 cm³/mol. The van der Waals surface area contributed by atoms with Crippen molar-refractivity contribution in [3.63, 3.8) is 0 Å². The summed E-state index contributed by atoms with van der Waals surface area (Å²) in [5, 5.41) is 2.85. The van der Waals surface area contributed by atoms with Crippen molar-refractivity contribution in [2.75, 3.05) is 5.32 Å². The largest absolute Gasteiger partial charge is 0.389 e. The van der Waals surface area contributed by atoms with Crippen molar-refractivity contribution >= 4 is 72.0 Å². The zero-order valence-electron chi connectivity index (χ0n) is 10.4. The van der Waals surface area contributed by atoms with Crippen LogP contribution in [0.5, 0.6) is 0 Å². The summed E-state index contributed by atoms with van der Waals surface area (Å²) < 4.78 is 1.70. The third-order valence-corrected chi connectivity index (χ3v) is 5.61. The van der Waals surface area contributed by atoms with Crippen LogP contribution in [0.3, 0.4) is 0 Å². The lowest BCUT2D eigenvalue weighted by Gasteiger charge is -2.08. The molecule has 0 aliphatic rings. The smallest absolute Gasteiger partial charge is 0.265 e. The number of benzene rings is 1. The van der Waals surface area contributed by atoms with Gasteiger partial charge in [-0.3, -0.25) is 4.79 Å². The molecular formula is C13H10Br2N2OS2. The number of aryl methyl sites for hydroxylation is 1. The van der Waals surface area contributed by atoms with Crippen LogP contribution in [0.25, 0.3) is 0 Å². The molecule has 1 aromatic heterocycles. The number of anilines is 1. The van der Waals surface area contributed by atoms with Gasteiger partial charge in [0.15, 0.2) is 0 Å². The average molecular weight is 434 g/mol. The number of halogens is 2. The van der Waals surface area contributed by atoms with E-state index >= 15 is 0 Å². The Labute approximate surface area is 142 Å². The summed E-state index contributed by atoms with van der Waals surface area (Å²) >= 11 is 13.1. The molecule has 1 aromatic carbocycles. The standard InChI is InChI=1S/C13H10Br2N2OS2/c1-6-4-10(20-11(6)15)13(18)17-9-3-2-7(12(16)19)5-8(9)14/h2-5H,1H3,(H2,16,19)(H,17,18). The molecule has 2 aromatic rings. The van der Waals surface area contributed by atoms with Gasteiger partial charge >= 0.3 is 0 Å². The maximum atomic E-state index is 12.2. The Morgan fingerprint density at radius 1 is 1.35 bits per heavy atom. The fraction of sp³-hybridized carbons (Fsp3) is 0.0769. The number of hydrogen-bond donors (Lipinski definition) is 2. The number of thiocarbonyl (C=S) groups is 1. The molecule has 0 saturated carbocycles. The minimum Gasteiger partial charge on any atom is -0.389 e. The second-order valence-electron chi connectivity index (χ2n) is 4.08. The van der Waals surface area contributed by atoms with E-state index < -0.39 is 0 Å². The molecule has 0 unspecified atom stereocenters. The Hall–Kier alpha value is -0.760. The van der Waals surface area contributed by atoms with E-state index in [-0.39, 0.29) is 5.91 Å². The molecule has 7 heteroatoms. The SMILES string of the molecule is Cc1cc(C(=O)Nc2ccc(C(N)=S)cc2Br)sc1Br. The first-order chi connectivity index (χ1) is 9.38. The van der Waals surface area contributed by atoms with Crippen LogP contribution in [0.1, 0.15) is 20.8 Å². The molecule has 2 rings (SSSR count). The fourth-order valence-corrected chi connectivity index (χ4v) is 3.56. The van der Waals surface area contributed by atoms with Gasteiger partial charge in [0.2, 0.25) is 0 Å². The highest BCUT2D eigenvalue weighted by atomic mass is 79.9. The first-order valence-corrected chi connectivity index (χ1v) is 8.36. The van der Waals surface area contributed by atoms with Gasteiger partial charge in [-0.05, 0) is 68.6 Å². The first-order valence-electron chi connectivity index (χ1n) is 5.55. The number of nitrogens with one attached hydrogen (secondary N) is 1. The minimum atomic E-state index is -0.146. The molecule has 0 bridgehead atoms. The molecule has 0 radical (unpaired) electrons. The summed E-state index contributed by atoms with van der Waals surface area (Å²) in [5.74, 6) is -0.146. The molecule has 0 saturated heterocycles. The predicted octanol–water partition coefficient (Wildman–Crippen LogP) is 4.47. The van der Waals surface area contributed by atoms with Crippen LogP contribution >= 0.6 is 55.4 Å². The van der Waals surface area contributed by atoms with Crippen molar-refractivity contribution in [2.45, 2.75) is 6.92 Å². The number of rotatable bonds is 3. The molecule has 0 aliphatic heterocycles. The van der Waals surface area contributed by atoms with E-state index in [0.717, 1.165) is 19.4 Å². The summed E-state index contributed by atoms with van der Waals surface area (Å²) in [5.41, 5.74) is 8.04. The second-order valence-corrected chi connectivity index (χ2v) is 7.74. The van der Waals surface area contributed by atoms with Gasteiger partial charge in [0.05, 0.1) is 14.4 Å². The summed E-state index contributed by atoms with van der Waals surface area (Å²) in [7, 11) is 0. The molecule has 0 spiro atoms. The van der Waals surface area contributed by atoms with Crippen LogP contribution in [0, 0.1) is 6.92 Å². The molecule has 3 N–H and O–H groups in total. The normalized spacial score (nSPS) is 10.3. The van der Waals surface area contributed by atoms with E-state index in [2.05, 4.69) is 37.2 Å². The average Bonchev–Trinajstić information content (AvgIpc) is 2.72. The van der Waals surface area contributed by atoms with Gasteiger partial charge in [0, 0.05) is 10.0 Å². The first kappa shape index (κ1) is 15.6. The van der Waals surface area contributed by atoms with Gasteiger partial charge in [-0.25, -0.2) is 0 Å². The topological polar surface area (TPSA) is 55.1 Å². The van der Waals surface area contributed by atoms with Crippen LogP contribution in [-0.2, 0) is 0 Å². The zero-order chi connectivity index (χ0) is 14.9. The highest BCUT2D eigenvalue weighted by Gasteiger charge is 2.13. The summed E-state index contributed by atoms with van der Waals surface area (Å²) in [6.07, 6.45) is 0. The van der Waals surface area contributed by atoms with Gasteiger partial charge in [0.25, 0.3) is 5.91 Å². The van der Waals surface area contributed by atoms with Crippen molar-refractivity contribution in [1.82, 2.24) is 0 Å². The van der Waals surface area contributed by atoms with E-state index in [0.29, 0.717) is 15.6 Å². The number of thiophene rings is 1. The lowest BCUT2D eigenvalue weighted by molar-refractivity contribution is 0.103. The molecule has 1 amide bonds. The molecule has 0 fully saturated rings. The number of hydrogen-bond acceptors (Lipinski definition) is 3. The van der Waals surface area contributed by atoms with Crippen LogP contribution in [0.4, 0.5) is 5.69 Å². The minimum absolute atomic E-state index is 0.146. The Morgan fingerprint density at radius 3 is 2.55 bits per heavy atom. The second kappa shape index (κ2) is 6.34. The number of carbonyl (C=O) groups excluding carboxylic acids is 1. The monoisotopic (exact) mass is 432 g/mol. The zero-order valence-corrected chi connectivity index (χ0v) is 15.2. The summed E-state index contributed by atoms with van der Waals surface area (Å²) in [6.45, 7) is 1.95. The molecule has 104 valence electrons. The Morgan fingerprint density at radius 2 is 2.05 bits per heavy atom. The van der Waals surface area contributed by atoms with Gasteiger partial charge < -0.3 is 11.1 Å². The lowest BCUT2D eigenvalue weighted by Crippen LogP contribution is -2.12. The Balaban J connectivity index is 2.21. The van der Waals surface area contributed by atoms with Gasteiger partial charge in [-0.1, -0.05) is 12.2 Å². The maximum absolute atomic E-state index is 12.2. The van der Waals surface area contributed by atoms with E-state index in [4.69, 9.17) is 18.0 Å². The third kappa shape index (κ3) is 3.46. The van der Waals surface area contributed by atoms with Gasteiger partial charge in [-0.2, -0.15) is 0 Å². The maximum Gasteiger partial charge on any atom is 0.265 e. The molecular weight excluding hydrogens is 424 g/mol. The molecule has 1 heterocycles. The third-order valence-electron chi connectivity index (χ3n) is 2.58. The molecule has 3 nitrogen and oxygen atoms in total. The highest BCUT2D eigenvalue weighted by molar-refractivity contribution is 9.11. The van der Waals surface area contributed by atoms with Crippen molar-refractivity contribution in [2.24, 2.45) is 5.73 Å². The van der Waals surface area contributed by atoms with Crippen molar-refractivity contribution in [3.05, 3.63) is 48.5 Å². The van der Waals surface area contributed by atoms with E-state index in [1.165, 1.54) is 11.3 Å². The fourth-order valence-electron chi connectivity index (χ4n) is 1.53. The van der Waals surface area contributed by atoms with Gasteiger partial charge in [0.1, 0.15) is 4.99 Å². The molecule has 0 aliphatic carbocycles. The van der Waals surface area contributed by atoms with Crippen molar-refractivity contribution in [1.29, 1.82) is 0 Å². The van der Waals surface area contributed by atoms with E-state index in [9.17, 15) is 4.79 Å². The van der Waals surface area contributed by atoms with Crippen molar-refractivity contribution in [3.8, 4) is 0 Å². The number of amides is 1. The Kier molecular flexibility index (Phi) is 4.95.